The Morgan fingerprint density at radius 1 is 1.12 bits per heavy atom. The highest BCUT2D eigenvalue weighted by Gasteiger charge is 2.21. The molecule has 0 spiro atoms. The van der Waals surface area contributed by atoms with Gasteiger partial charge in [-0.2, -0.15) is 0 Å². The molecule has 0 aliphatic carbocycles. The molecule has 4 heterocycles. The lowest BCUT2D eigenvalue weighted by atomic mass is 10.1. The third-order valence-corrected chi connectivity index (χ3v) is 6.45. The summed E-state index contributed by atoms with van der Waals surface area (Å²) in [6, 6.07) is 11.7. The van der Waals surface area contributed by atoms with Crippen LogP contribution in [0.25, 0.3) is 21.5 Å². The van der Waals surface area contributed by atoms with Crippen LogP contribution >= 0.6 is 11.3 Å². The smallest absolute Gasteiger partial charge is 0.398 e. The second kappa shape index (κ2) is 9.66. The summed E-state index contributed by atoms with van der Waals surface area (Å²) in [4.78, 5) is 30.5. The average Bonchev–Trinajstić information content (AvgIpc) is 3.33. The standard InChI is InChI=1S/C23H22BN6O2S/c1-32-24-30-11-9-29(10-12-30)20-5-7-25-15-19(20)28-23(31)18-4-8-26-22(27-18)17-2-3-21-16(14-17)6-13-33-21/h2-8,13-15H,9-12H2,1H3,(H,28,31). The number of carbonyl (C=O) groups is 1. The van der Waals surface area contributed by atoms with E-state index in [2.05, 4.69) is 47.5 Å². The van der Waals surface area contributed by atoms with Gasteiger partial charge >= 0.3 is 7.62 Å². The maximum atomic E-state index is 13.1. The van der Waals surface area contributed by atoms with Crippen molar-refractivity contribution in [2.24, 2.45) is 0 Å². The van der Waals surface area contributed by atoms with E-state index in [0.717, 1.165) is 42.8 Å². The summed E-state index contributed by atoms with van der Waals surface area (Å²) in [5.74, 6) is 0.225. The van der Waals surface area contributed by atoms with Gasteiger partial charge in [0.25, 0.3) is 5.91 Å². The van der Waals surface area contributed by atoms with Gasteiger partial charge in [-0.05, 0) is 47.2 Å². The molecule has 1 amide bonds. The number of fused-ring (bicyclic) bond motifs is 1. The molecule has 1 aromatic carbocycles. The molecule has 1 fully saturated rings. The van der Waals surface area contributed by atoms with E-state index >= 15 is 0 Å². The number of anilines is 2. The molecule has 1 radical (unpaired) electrons. The first-order valence-corrected chi connectivity index (χ1v) is 11.5. The van der Waals surface area contributed by atoms with Crippen LogP contribution in [0.5, 0.6) is 0 Å². The van der Waals surface area contributed by atoms with E-state index in [1.54, 1.807) is 50.7 Å². The largest absolute Gasteiger partial charge is 0.427 e. The van der Waals surface area contributed by atoms with E-state index in [-0.39, 0.29) is 5.91 Å². The molecule has 5 rings (SSSR count). The van der Waals surface area contributed by atoms with Crippen molar-refractivity contribution in [1.29, 1.82) is 0 Å². The number of hydrogen-bond donors (Lipinski definition) is 1. The quantitative estimate of drug-likeness (QED) is 0.445. The van der Waals surface area contributed by atoms with Gasteiger partial charge in [-0.1, -0.05) is 0 Å². The molecule has 0 bridgehead atoms. The molecule has 4 aromatic rings. The van der Waals surface area contributed by atoms with E-state index in [9.17, 15) is 4.79 Å². The second-order valence-electron chi connectivity index (χ2n) is 7.65. The minimum atomic E-state index is -0.295. The summed E-state index contributed by atoms with van der Waals surface area (Å²) in [5.41, 5.74) is 2.78. The highest BCUT2D eigenvalue weighted by Crippen LogP contribution is 2.27. The number of nitrogens with zero attached hydrogens (tertiary/aromatic N) is 5. The molecule has 0 atom stereocenters. The Bertz CT molecular complexity index is 1270. The number of amides is 1. The molecule has 1 N–H and O–H groups in total. The Kier molecular flexibility index (Phi) is 6.29. The van der Waals surface area contributed by atoms with Gasteiger partial charge in [0.2, 0.25) is 0 Å². The first kappa shape index (κ1) is 21.5. The fourth-order valence-corrected chi connectivity index (χ4v) is 4.66. The predicted octanol–water partition coefficient (Wildman–Crippen LogP) is 3.31. The molecule has 8 nitrogen and oxygen atoms in total. The number of pyridine rings is 1. The van der Waals surface area contributed by atoms with Gasteiger partial charge in [0.05, 0.1) is 17.6 Å². The van der Waals surface area contributed by atoms with Gasteiger partial charge in [-0.3, -0.25) is 9.78 Å². The zero-order valence-electron chi connectivity index (χ0n) is 18.1. The summed E-state index contributed by atoms with van der Waals surface area (Å²) >= 11 is 1.69. The molecule has 10 heteroatoms. The van der Waals surface area contributed by atoms with Crippen LogP contribution in [0.15, 0.2) is 60.4 Å². The van der Waals surface area contributed by atoms with E-state index in [1.807, 2.05) is 18.2 Å². The van der Waals surface area contributed by atoms with Gasteiger partial charge in [-0.15, -0.1) is 11.3 Å². The van der Waals surface area contributed by atoms with Crippen LogP contribution in [0.3, 0.4) is 0 Å². The van der Waals surface area contributed by atoms with Crippen LogP contribution in [0.1, 0.15) is 10.5 Å². The number of hydrogen-bond acceptors (Lipinski definition) is 8. The molecule has 3 aromatic heterocycles. The van der Waals surface area contributed by atoms with Crippen molar-refractivity contribution in [3.05, 3.63) is 66.1 Å². The molecule has 165 valence electrons. The van der Waals surface area contributed by atoms with E-state index in [0.29, 0.717) is 17.2 Å². The lowest BCUT2D eigenvalue weighted by molar-refractivity contribution is 0.102. The molecule has 1 saturated heterocycles. The Morgan fingerprint density at radius 3 is 2.85 bits per heavy atom. The maximum absolute atomic E-state index is 13.1. The van der Waals surface area contributed by atoms with Gasteiger partial charge in [0.15, 0.2) is 5.82 Å². The average molecular weight is 457 g/mol. The van der Waals surface area contributed by atoms with Gasteiger partial charge in [-0.25, -0.2) is 9.97 Å². The van der Waals surface area contributed by atoms with Crippen molar-refractivity contribution in [2.75, 3.05) is 43.5 Å². The Balaban J connectivity index is 1.34. The number of rotatable bonds is 6. The number of carbonyl (C=O) groups excluding carboxylic acids is 1. The molecule has 1 aliphatic heterocycles. The van der Waals surface area contributed by atoms with E-state index in [1.165, 1.54) is 4.70 Å². The zero-order valence-corrected chi connectivity index (χ0v) is 19.0. The van der Waals surface area contributed by atoms with Crippen LogP contribution < -0.4 is 10.2 Å². The summed E-state index contributed by atoms with van der Waals surface area (Å²) < 4.78 is 6.32. The third-order valence-electron chi connectivity index (χ3n) is 5.55. The fraction of sp³-hybridized carbons (Fsp3) is 0.217. The predicted molar refractivity (Wildman–Crippen MR) is 132 cm³/mol. The van der Waals surface area contributed by atoms with Crippen LogP contribution in [-0.2, 0) is 4.65 Å². The van der Waals surface area contributed by atoms with E-state index in [4.69, 9.17) is 4.65 Å². The molecule has 0 unspecified atom stereocenters. The number of piperazine rings is 1. The molecular formula is C23H22BN6O2S. The van der Waals surface area contributed by atoms with Crippen LogP contribution in [0.2, 0.25) is 0 Å². The Labute approximate surface area is 196 Å². The minimum absolute atomic E-state index is 0.295. The van der Waals surface area contributed by atoms with Crippen LogP contribution in [-0.4, -0.2) is 66.6 Å². The first-order valence-electron chi connectivity index (χ1n) is 10.6. The summed E-state index contributed by atoms with van der Waals surface area (Å²) in [6.07, 6.45) is 5.03. The topological polar surface area (TPSA) is 83.5 Å². The van der Waals surface area contributed by atoms with Gasteiger partial charge < -0.3 is 19.7 Å². The first-order chi connectivity index (χ1) is 16.2. The maximum Gasteiger partial charge on any atom is 0.398 e. The Hall–Kier alpha value is -3.34. The van der Waals surface area contributed by atoms with Gasteiger partial charge in [0.1, 0.15) is 5.69 Å². The fourth-order valence-electron chi connectivity index (χ4n) is 3.89. The molecule has 1 aliphatic rings. The lowest BCUT2D eigenvalue weighted by Crippen LogP contribution is -2.48. The summed E-state index contributed by atoms with van der Waals surface area (Å²) in [6.45, 7) is 3.31. The van der Waals surface area contributed by atoms with Crippen molar-refractivity contribution >= 4 is 46.3 Å². The Morgan fingerprint density at radius 2 is 2.00 bits per heavy atom. The van der Waals surface area contributed by atoms with Crippen LogP contribution in [0.4, 0.5) is 11.4 Å². The number of aromatic nitrogens is 3. The second-order valence-corrected chi connectivity index (χ2v) is 8.60. The van der Waals surface area contributed by atoms with Crippen molar-refractivity contribution in [1.82, 2.24) is 19.8 Å². The number of thiophene rings is 1. The normalized spacial score (nSPS) is 14.4. The SMILES string of the molecule is CO[B]N1CCN(c2ccncc2NC(=O)c2ccnc(-c3ccc4sccc4c3)n2)CC1. The molecular weight excluding hydrogens is 435 g/mol. The van der Waals surface area contributed by atoms with Crippen molar-refractivity contribution in [3.63, 3.8) is 0 Å². The van der Waals surface area contributed by atoms with Crippen molar-refractivity contribution in [3.8, 4) is 11.4 Å². The minimum Gasteiger partial charge on any atom is -0.427 e. The third kappa shape index (κ3) is 4.73. The summed E-state index contributed by atoms with van der Waals surface area (Å²) in [5, 5.41) is 6.18. The van der Waals surface area contributed by atoms with Crippen molar-refractivity contribution < 1.29 is 9.45 Å². The summed E-state index contributed by atoms with van der Waals surface area (Å²) in [7, 11) is 3.40. The van der Waals surface area contributed by atoms with Crippen LogP contribution in [0, 0.1) is 0 Å². The highest BCUT2D eigenvalue weighted by atomic mass is 32.1. The number of nitrogens with one attached hydrogen (secondary N) is 1. The number of benzene rings is 1. The molecule has 0 saturated carbocycles. The zero-order chi connectivity index (χ0) is 22.6. The lowest BCUT2D eigenvalue weighted by Gasteiger charge is -2.36. The monoisotopic (exact) mass is 457 g/mol. The van der Waals surface area contributed by atoms with E-state index < -0.39 is 0 Å². The van der Waals surface area contributed by atoms with Crippen molar-refractivity contribution in [2.45, 2.75) is 0 Å². The van der Waals surface area contributed by atoms with Gasteiger partial charge in [0, 0.05) is 55.9 Å². The molecule has 33 heavy (non-hydrogen) atoms. The highest BCUT2D eigenvalue weighted by molar-refractivity contribution is 7.17.